The molecule has 82 valence electrons. The molecule has 0 N–H and O–H groups in total. The van der Waals surface area contributed by atoms with Gasteiger partial charge in [0, 0.05) is 30.9 Å². The summed E-state index contributed by atoms with van der Waals surface area (Å²) < 4.78 is 0. The van der Waals surface area contributed by atoms with Gasteiger partial charge in [0.05, 0.1) is 0 Å². The molecule has 0 aliphatic heterocycles. The average Bonchev–Trinajstić information content (AvgIpc) is 2.24. The van der Waals surface area contributed by atoms with Crippen molar-refractivity contribution in [2.24, 2.45) is 0 Å². The van der Waals surface area contributed by atoms with Gasteiger partial charge in [0.15, 0.2) is 0 Å². The maximum absolute atomic E-state index is 2.17. The Morgan fingerprint density at radius 1 is 0.688 bits per heavy atom. The summed E-state index contributed by atoms with van der Waals surface area (Å²) in [5.41, 5.74) is 2.68. The summed E-state index contributed by atoms with van der Waals surface area (Å²) in [5, 5.41) is 0. The summed E-state index contributed by atoms with van der Waals surface area (Å²) in [7, 11) is 0. The van der Waals surface area contributed by atoms with Crippen molar-refractivity contribution in [1.29, 1.82) is 0 Å². The Morgan fingerprint density at radius 2 is 1.06 bits per heavy atom. The molecule has 0 saturated carbocycles. The van der Waals surface area contributed by atoms with Crippen molar-refractivity contribution < 1.29 is 21.1 Å². The number of hydrogen-bond donors (Lipinski definition) is 0. The van der Waals surface area contributed by atoms with Gasteiger partial charge >= 0.3 is 0 Å². The van der Waals surface area contributed by atoms with Crippen molar-refractivity contribution in [3.8, 4) is 0 Å². The van der Waals surface area contributed by atoms with Gasteiger partial charge in [-0.1, -0.05) is 48.2 Å². The van der Waals surface area contributed by atoms with Gasteiger partial charge in [0.2, 0.25) is 0 Å². The fourth-order valence-electron chi connectivity index (χ4n) is 1.46. The molecule has 0 amide bonds. The third kappa shape index (κ3) is 3.23. The van der Waals surface area contributed by atoms with E-state index in [0.29, 0.717) is 0 Å². The number of rotatable bonds is 2. The van der Waals surface area contributed by atoms with Gasteiger partial charge in [-0.25, -0.2) is 0 Å². The van der Waals surface area contributed by atoms with Crippen molar-refractivity contribution in [3.63, 3.8) is 0 Å². The largest absolute Gasteiger partial charge is 0.0895 e. The van der Waals surface area contributed by atoms with Crippen LogP contribution in [0, 0.1) is 13.8 Å². The number of aryl methyl sites for hydroxylation is 2. The third-order valence-electron chi connectivity index (χ3n) is 2.41. The Labute approximate surface area is 116 Å². The standard InChI is InChI=1S/C14H14S.Mo/c1-11-7-3-5-9-13(11)15-14-10-6-4-8-12(14)2;/h3-10H,1-2H3;. The summed E-state index contributed by atoms with van der Waals surface area (Å²) in [6.45, 7) is 4.31. The van der Waals surface area contributed by atoms with Crippen LogP contribution in [0.15, 0.2) is 58.3 Å². The SMILES string of the molecule is Cc1ccccc1Sc1ccccc1C.[Mo]. The minimum absolute atomic E-state index is 0. The molecule has 2 aromatic rings. The van der Waals surface area contributed by atoms with Crippen molar-refractivity contribution in [2.45, 2.75) is 23.6 Å². The monoisotopic (exact) mass is 312 g/mol. The molecule has 0 aliphatic rings. The van der Waals surface area contributed by atoms with Crippen LogP contribution in [0.2, 0.25) is 0 Å². The van der Waals surface area contributed by atoms with E-state index in [4.69, 9.17) is 0 Å². The summed E-state index contributed by atoms with van der Waals surface area (Å²) >= 11 is 1.84. The first-order valence-corrected chi connectivity index (χ1v) is 5.88. The molecule has 0 atom stereocenters. The van der Waals surface area contributed by atoms with Gasteiger partial charge in [0.1, 0.15) is 0 Å². The predicted octanol–water partition coefficient (Wildman–Crippen LogP) is 4.45. The summed E-state index contributed by atoms with van der Waals surface area (Å²) in [4.78, 5) is 2.68. The minimum atomic E-state index is 0. The van der Waals surface area contributed by atoms with E-state index in [0.717, 1.165) is 0 Å². The van der Waals surface area contributed by atoms with Gasteiger partial charge in [-0.15, -0.1) is 0 Å². The fraction of sp³-hybridized carbons (Fsp3) is 0.143. The smallest absolute Gasteiger partial charge is 0.0151 e. The molecule has 0 heterocycles. The molecule has 0 aromatic heterocycles. The second kappa shape index (κ2) is 6.27. The molecule has 0 fully saturated rings. The summed E-state index contributed by atoms with van der Waals surface area (Å²) in [5.74, 6) is 0. The quantitative estimate of drug-likeness (QED) is 0.738. The first kappa shape index (κ1) is 13.5. The third-order valence-corrected chi connectivity index (χ3v) is 3.76. The normalized spacial score (nSPS) is 9.62. The van der Waals surface area contributed by atoms with Crippen LogP contribution in [0.4, 0.5) is 0 Å². The Bertz CT molecular complexity index is 422. The van der Waals surface area contributed by atoms with E-state index < -0.39 is 0 Å². The molecule has 0 bridgehead atoms. The first-order valence-electron chi connectivity index (χ1n) is 5.06. The van der Waals surface area contributed by atoms with E-state index in [-0.39, 0.29) is 21.1 Å². The van der Waals surface area contributed by atoms with E-state index in [1.807, 2.05) is 11.8 Å². The van der Waals surface area contributed by atoms with Crippen LogP contribution in [-0.2, 0) is 21.1 Å². The maximum Gasteiger partial charge on any atom is 0.0151 e. The van der Waals surface area contributed by atoms with E-state index in [9.17, 15) is 0 Å². The van der Waals surface area contributed by atoms with E-state index in [2.05, 4.69) is 62.4 Å². The molecule has 0 radical (unpaired) electrons. The van der Waals surface area contributed by atoms with Gasteiger partial charge in [-0.2, -0.15) is 0 Å². The predicted molar refractivity (Wildman–Crippen MR) is 66.5 cm³/mol. The fourth-order valence-corrected chi connectivity index (χ4v) is 2.45. The number of hydrogen-bond acceptors (Lipinski definition) is 1. The van der Waals surface area contributed by atoms with Crippen molar-refractivity contribution in [2.75, 3.05) is 0 Å². The minimum Gasteiger partial charge on any atom is -0.0895 e. The molecule has 2 rings (SSSR count). The number of benzene rings is 2. The van der Waals surface area contributed by atoms with Gasteiger partial charge < -0.3 is 0 Å². The Balaban J connectivity index is 0.00000128. The van der Waals surface area contributed by atoms with E-state index in [1.165, 1.54) is 20.9 Å². The average molecular weight is 310 g/mol. The van der Waals surface area contributed by atoms with E-state index in [1.54, 1.807) is 0 Å². The molecule has 0 unspecified atom stereocenters. The molecule has 0 nitrogen and oxygen atoms in total. The molecule has 16 heavy (non-hydrogen) atoms. The van der Waals surface area contributed by atoms with Crippen LogP contribution < -0.4 is 0 Å². The Kier molecular flexibility index (Phi) is 5.31. The second-order valence-corrected chi connectivity index (χ2v) is 4.72. The zero-order valence-electron chi connectivity index (χ0n) is 9.44. The van der Waals surface area contributed by atoms with Crippen molar-refractivity contribution in [3.05, 3.63) is 59.7 Å². The first-order chi connectivity index (χ1) is 7.27. The zero-order chi connectivity index (χ0) is 10.7. The molecular formula is C14H14MoS. The molecule has 0 spiro atoms. The molecule has 0 saturated heterocycles. The van der Waals surface area contributed by atoms with Crippen LogP contribution in [-0.4, -0.2) is 0 Å². The molecule has 2 heteroatoms. The van der Waals surface area contributed by atoms with Crippen molar-refractivity contribution >= 4 is 11.8 Å². The zero-order valence-corrected chi connectivity index (χ0v) is 12.3. The second-order valence-electron chi connectivity index (χ2n) is 3.63. The van der Waals surface area contributed by atoms with Crippen molar-refractivity contribution in [1.82, 2.24) is 0 Å². The van der Waals surface area contributed by atoms with Gasteiger partial charge in [0.25, 0.3) is 0 Å². The Hall–Kier alpha value is -0.522. The van der Waals surface area contributed by atoms with E-state index >= 15 is 0 Å². The van der Waals surface area contributed by atoms with Crippen LogP contribution in [0.1, 0.15) is 11.1 Å². The van der Waals surface area contributed by atoms with Crippen LogP contribution in [0.3, 0.4) is 0 Å². The maximum atomic E-state index is 2.17. The Morgan fingerprint density at radius 3 is 1.44 bits per heavy atom. The van der Waals surface area contributed by atoms with Crippen LogP contribution in [0.25, 0.3) is 0 Å². The van der Waals surface area contributed by atoms with Gasteiger partial charge in [-0.3, -0.25) is 0 Å². The molecular weight excluding hydrogens is 296 g/mol. The molecule has 0 aliphatic carbocycles. The molecule has 2 aromatic carbocycles. The summed E-state index contributed by atoms with van der Waals surface area (Å²) in [6.07, 6.45) is 0. The van der Waals surface area contributed by atoms with Crippen LogP contribution in [0.5, 0.6) is 0 Å². The summed E-state index contributed by atoms with van der Waals surface area (Å²) in [6, 6.07) is 17.0. The van der Waals surface area contributed by atoms with Gasteiger partial charge in [-0.05, 0) is 37.1 Å². The van der Waals surface area contributed by atoms with Crippen LogP contribution >= 0.6 is 11.8 Å². The topological polar surface area (TPSA) is 0 Å².